The summed E-state index contributed by atoms with van der Waals surface area (Å²) in [5.41, 5.74) is 0.717. The van der Waals surface area contributed by atoms with Crippen LogP contribution in [0.2, 0.25) is 0 Å². The zero-order chi connectivity index (χ0) is 13.4. The number of benzene rings is 1. The van der Waals surface area contributed by atoms with E-state index in [1.54, 1.807) is 6.07 Å². The van der Waals surface area contributed by atoms with Crippen LogP contribution >= 0.6 is 0 Å². The van der Waals surface area contributed by atoms with E-state index in [0.29, 0.717) is 6.61 Å². The summed E-state index contributed by atoms with van der Waals surface area (Å²) in [5.74, 6) is 0.807. The van der Waals surface area contributed by atoms with Gasteiger partial charge in [0.2, 0.25) is 5.56 Å². The Kier molecular flexibility index (Phi) is 5.98. The summed E-state index contributed by atoms with van der Waals surface area (Å²) in [6, 6.07) is 8.90. The number of hydrogen-bond donors (Lipinski definition) is 1. The van der Waals surface area contributed by atoms with Crippen molar-refractivity contribution in [2.45, 2.75) is 33.6 Å². The molecule has 0 saturated carbocycles. The Bertz CT molecular complexity index is 529. The molecule has 1 heterocycles. The number of aromatic amines is 1. The molecule has 0 aliphatic carbocycles. The maximum Gasteiger partial charge on any atom is 0.248 e. The first-order chi connectivity index (χ1) is 8.72. The summed E-state index contributed by atoms with van der Waals surface area (Å²) >= 11 is 0. The molecule has 98 valence electrons. The van der Waals surface area contributed by atoms with E-state index in [0.717, 1.165) is 16.7 Å². The van der Waals surface area contributed by atoms with Gasteiger partial charge in [-0.1, -0.05) is 32.8 Å². The largest absolute Gasteiger partial charge is 0.493 e. The normalized spacial score (nSPS) is 9.72. The standard InChI is InChI=1S/C11H11NO2.C4H10/c1-2-14-10-5-3-4-9-8(10)6-7-11(13)12-9;1-3-4-2/h3-7H,2H2,1H3,(H,12,13);3-4H2,1-2H3. The highest BCUT2D eigenvalue weighted by Crippen LogP contribution is 2.22. The van der Waals surface area contributed by atoms with Gasteiger partial charge < -0.3 is 9.72 Å². The Hall–Kier alpha value is -1.77. The van der Waals surface area contributed by atoms with E-state index in [-0.39, 0.29) is 5.56 Å². The minimum Gasteiger partial charge on any atom is -0.493 e. The minimum atomic E-state index is -0.0915. The summed E-state index contributed by atoms with van der Waals surface area (Å²) in [4.78, 5) is 13.8. The van der Waals surface area contributed by atoms with Gasteiger partial charge in [0.15, 0.2) is 0 Å². The van der Waals surface area contributed by atoms with Gasteiger partial charge >= 0.3 is 0 Å². The van der Waals surface area contributed by atoms with Crippen LogP contribution in [0.3, 0.4) is 0 Å². The molecule has 3 heteroatoms. The number of nitrogens with one attached hydrogen (secondary N) is 1. The molecule has 18 heavy (non-hydrogen) atoms. The fraction of sp³-hybridized carbons (Fsp3) is 0.400. The lowest BCUT2D eigenvalue weighted by atomic mass is 10.2. The van der Waals surface area contributed by atoms with E-state index in [1.165, 1.54) is 18.9 Å². The SMILES string of the molecule is CCCC.CCOc1cccc2[nH]c(=O)ccc12. The number of rotatable bonds is 3. The minimum absolute atomic E-state index is 0.0915. The van der Waals surface area contributed by atoms with E-state index in [2.05, 4.69) is 18.8 Å². The third kappa shape index (κ3) is 3.91. The van der Waals surface area contributed by atoms with Gasteiger partial charge in [0.05, 0.1) is 12.1 Å². The smallest absolute Gasteiger partial charge is 0.248 e. The van der Waals surface area contributed by atoms with E-state index >= 15 is 0 Å². The molecule has 0 amide bonds. The predicted molar refractivity (Wildman–Crippen MR) is 76.3 cm³/mol. The third-order valence-corrected chi connectivity index (χ3v) is 2.53. The van der Waals surface area contributed by atoms with Crippen LogP contribution in [0.15, 0.2) is 35.1 Å². The van der Waals surface area contributed by atoms with Crippen molar-refractivity contribution in [3.8, 4) is 5.75 Å². The lowest BCUT2D eigenvalue weighted by Crippen LogP contribution is -2.03. The third-order valence-electron chi connectivity index (χ3n) is 2.53. The molecule has 2 rings (SSSR count). The maximum absolute atomic E-state index is 11.1. The zero-order valence-electron chi connectivity index (χ0n) is 11.3. The Morgan fingerprint density at radius 3 is 2.39 bits per heavy atom. The van der Waals surface area contributed by atoms with Crippen LogP contribution in [0.25, 0.3) is 10.9 Å². The quantitative estimate of drug-likeness (QED) is 0.897. The highest BCUT2D eigenvalue weighted by Gasteiger charge is 2.00. The Balaban J connectivity index is 0.000000357. The highest BCUT2D eigenvalue weighted by molar-refractivity contribution is 5.84. The van der Waals surface area contributed by atoms with Gasteiger partial charge in [0.1, 0.15) is 5.75 Å². The van der Waals surface area contributed by atoms with Crippen molar-refractivity contribution in [3.05, 3.63) is 40.7 Å². The monoisotopic (exact) mass is 247 g/mol. The molecule has 3 nitrogen and oxygen atoms in total. The van der Waals surface area contributed by atoms with Gasteiger partial charge in [0, 0.05) is 11.5 Å². The van der Waals surface area contributed by atoms with Gasteiger partial charge in [-0.3, -0.25) is 4.79 Å². The number of ether oxygens (including phenoxy) is 1. The predicted octanol–water partition coefficient (Wildman–Crippen LogP) is 3.73. The summed E-state index contributed by atoms with van der Waals surface area (Å²) in [6.07, 6.45) is 2.64. The molecule has 1 aromatic heterocycles. The number of hydrogen-bond acceptors (Lipinski definition) is 2. The van der Waals surface area contributed by atoms with Crippen molar-refractivity contribution < 1.29 is 4.74 Å². The molecule has 0 spiro atoms. The Labute approximate surface area is 108 Å². The lowest BCUT2D eigenvalue weighted by molar-refractivity contribution is 0.344. The zero-order valence-corrected chi connectivity index (χ0v) is 11.3. The molecule has 0 atom stereocenters. The number of pyridine rings is 1. The molecule has 0 saturated heterocycles. The Morgan fingerprint density at radius 1 is 1.06 bits per heavy atom. The van der Waals surface area contributed by atoms with Crippen LogP contribution in [-0.2, 0) is 0 Å². The van der Waals surface area contributed by atoms with Crippen molar-refractivity contribution in [2.75, 3.05) is 6.61 Å². The molecule has 1 aromatic carbocycles. The van der Waals surface area contributed by atoms with Crippen LogP contribution in [0.1, 0.15) is 33.6 Å². The Morgan fingerprint density at radius 2 is 1.78 bits per heavy atom. The van der Waals surface area contributed by atoms with Gasteiger partial charge in [-0.15, -0.1) is 0 Å². The number of fused-ring (bicyclic) bond motifs is 1. The van der Waals surface area contributed by atoms with Crippen LogP contribution in [0, 0.1) is 0 Å². The second-order valence-electron chi connectivity index (χ2n) is 3.97. The second-order valence-corrected chi connectivity index (χ2v) is 3.97. The molecular weight excluding hydrogens is 226 g/mol. The summed E-state index contributed by atoms with van der Waals surface area (Å²) in [7, 11) is 0. The molecular formula is C15H21NO2. The molecule has 0 aliphatic heterocycles. The van der Waals surface area contributed by atoms with Crippen molar-refractivity contribution in [3.63, 3.8) is 0 Å². The second kappa shape index (κ2) is 7.54. The van der Waals surface area contributed by atoms with Gasteiger partial charge in [0.25, 0.3) is 0 Å². The van der Waals surface area contributed by atoms with E-state index < -0.39 is 0 Å². The fourth-order valence-electron chi connectivity index (χ4n) is 1.44. The van der Waals surface area contributed by atoms with Crippen molar-refractivity contribution in [1.82, 2.24) is 4.98 Å². The highest BCUT2D eigenvalue weighted by atomic mass is 16.5. The van der Waals surface area contributed by atoms with Crippen LogP contribution in [-0.4, -0.2) is 11.6 Å². The van der Waals surface area contributed by atoms with Crippen molar-refractivity contribution in [2.24, 2.45) is 0 Å². The molecule has 0 fully saturated rings. The lowest BCUT2D eigenvalue weighted by Gasteiger charge is -2.05. The number of aromatic nitrogens is 1. The van der Waals surface area contributed by atoms with Gasteiger partial charge in [-0.05, 0) is 25.1 Å². The van der Waals surface area contributed by atoms with Gasteiger partial charge in [-0.25, -0.2) is 0 Å². The summed E-state index contributed by atoms with van der Waals surface area (Å²) < 4.78 is 5.44. The summed E-state index contributed by atoms with van der Waals surface area (Å²) in [5, 5.41) is 0.939. The van der Waals surface area contributed by atoms with E-state index in [9.17, 15) is 4.79 Å². The first kappa shape index (κ1) is 14.3. The molecule has 0 radical (unpaired) electrons. The summed E-state index contributed by atoms with van der Waals surface area (Å²) in [6.45, 7) is 6.92. The first-order valence-electron chi connectivity index (χ1n) is 6.47. The number of unbranched alkanes of at least 4 members (excludes halogenated alkanes) is 1. The van der Waals surface area contributed by atoms with E-state index in [4.69, 9.17) is 4.74 Å². The molecule has 0 unspecified atom stereocenters. The van der Waals surface area contributed by atoms with Gasteiger partial charge in [-0.2, -0.15) is 0 Å². The van der Waals surface area contributed by atoms with Crippen LogP contribution in [0.4, 0.5) is 0 Å². The molecule has 1 N–H and O–H groups in total. The average Bonchev–Trinajstić information content (AvgIpc) is 2.39. The topological polar surface area (TPSA) is 42.1 Å². The van der Waals surface area contributed by atoms with Crippen LogP contribution in [0.5, 0.6) is 5.75 Å². The first-order valence-corrected chi connectivity index (χ1v) is 6.47. The van der Waals surface area contributed by atoms with Crippen LogP contribution < -0.4 is 10.3 Å². The fourth-order valence-corrected chi connectivity index (χ4v) is 1.44. The average molecular weight is 247 g/mol. The van der Waals surface area contributed by atoms with Crippen molar-refractivity contribution >= 4 is 10.9 Å². The molecule has 2 aromatic rings. The number of H-pyrrole nitrogens is 1. The van der Waals surface area contributed by atoms with Crippen molar-refractivity contribution in [1.29, 1.82) is 0 Å². The maximum atomic E-state index is 11.1. The van der Waals surface area contributed by atoms with E-state index in [1.807, 2.05) is 25.1 Å². The molecule has 0 aliphatic rings. The molecule has 0 bridgehead atoms.